The number of rotatable bonds is 4. The largest absolute Gasteiger partial charge is 0.486 e. The summed E-state index contributed by atoms with van der Waals surface area (Å²) in [6.45, 7) is 1.61. The fourth-order valence-electron chi connectivity index (χ4n) is 2.36. The molecule has 5 nitrogen and oxygen atoms in total. The summed E-state index contributed by atoms with van der Waals surface area (Å²) in [6, 6.07) is 10.3. The molecule has 0 fully saturated rings. The lowest BCUT2D eigenvalue weighted by Gasteiger charge is -2.18. The van der Waals surface area contributed by atoms with E-state index in [2.05, 4.69) is 10.6 Å². The Bertz CT molecular complexity index is 732. The Balaban J connectivity index is 1.50. The Kier molecular flexibility index (Phi) is 5.33. The predicted octanol–water partition coefficient (Wildman–Crippen LogP) is 4.13. The van der Waals surface area contributed by atoms with Crippen LogP contribution in [0.25, 0.3) is 0 Å². The molecule has 24 heavy (non-hydrogen) atoms. The summed E-state index contributed by atoms with van der Waals surface area (Å²) in [5, 5.41) is 6.42. The highest BCUT2D eigenvalue weighted by molar-refractivity contribution is 6.35. The average molecular weight is 367 g/mol. The second-order valence-corrected chi connectivity index (χ2v) is 6.14. The van der Waals surface area contributed by atoms with Crippen LogP contribution in [0.5, 0.6) is 11.5 Å². The molecule has 0 aliphatic carbocycles. The van der Waals surface area contributed by atoms with Gasteiger partial charge in [0.25, 0.3) is 0 Å². The van der Waals surface area contributed by atoms with E-state index in [4.69, 9.17) is 32.7 Å². The molecular weight excluding hydrogens is 351 g/mol. The van der Waals surface area contributed by atoms with Gasteiger partial charge in [0.15, 0.2) is 11.5 Å². The van der Waals surface area contributed by atoms with Crippen molar-refractivity contribution in [2.75, 3.05) is 25.1 Å². The fraction of sp³-hybridized carbons (Fsp3) is 0.235. The average Bonchev–Trinajstić information content (AvgIpc) is 2.53. The summed E-state index contributed by atoms with van der Waals surface area (Å²) < 4.78 is 11.0. The van der Waals surface area contributed by atoms with Gasteiger partial charge in [-0.15, -0.1) is 0 Å². The number of anilines is 1. The molecule has 1 aliphatic rings. The smallest absolute Gasteiger partial charge is 0.319 e. The van der Waals surface area contributed by atoms with Crippen molar-refractivity contribution in [3.05, 3.63) is 52.0 Å². The highest BCUT2D eigenvalue weighted by Crippen LogP contribution is 2.30. The van der Waals surface area contributed by atoms with E-state index in [1.54, 1.807) is 18.2 Å². The van der Waals surface area contributed by atoms with Crippen LogP contribution >= 0.6 is 23.2 Å². The summed E-state index contributed by atoms with van der Waals surface area (Å²) in [5.41, 5.74) is 1.61. The van der Waals surface area contributed by atoms with Gasteiger partial charge in [-0.25, -0.2) is 4.79 Å². The molecule has 2 aromatic carbocycles. The van der Waals surface area contributed by atoms with Crippen LogP contribution in [0, 0.1) is 0 Å². The molecule has 1 heterocycles. The Morgan fingerprint density at radius 2 is 1.71 bits per heavy atom. The highest BCUT2D eigenvalue weighted by Gasteiger charge is 2.11. The van der Waals surface area contributed by atoms with Crippen molar-refractivity contribution >= 4 is 34.9 Å². The molecule has 2 N–H and O–H groups in total. The van der Waals surface area contributed by atoms with Gasteiger partial charge in [0.05, 0.1) is 0 Å². The minimum atomic E-state index is -0.314. The topological polar surface area (TPSA) is 59.6 Å². The molecule has 3 rings (SSSR count). The minimum Gasteiger partial charge on any atom is -0.486 e. The molecule has 0 aromatic heterocycles. The van der Waals surface area contributed by atoms with Crippen LogP contribution in [0.15, 0.2) is 36.4 Å². The maximum Gasteiger partial charge on any atom is 0.319 e. The molecular formula is C17H16Cl2N2O3. The first-order chi connectivity index (χ1) is 11.6. The number of ether oxygens (including phenoxy) is 2. The highest BCUT2D eigenvalue weighted by atomic mass is 35.5. The van der Waals surface area contributed by atoms with Crippen LogP contribution < -0.4 is 20.1 Å². The van der Waals surface area contributed by atoms with Gasteiger partial charge in [-0.3, -0.25) is 0 Å². The van der Waals surface area contributed by atoms with Crippen LogP contribution in [-0.2, 0) is 6.42 Å². The third kappa shape index (κ3) is 4.46. The quantitative estimate of drug-likeness (QED) is 0.854. The first kappa shape index (κ1) is 16.7. The van der Waals surface area contributed by atoms with Crippen LogP contribution in [0.2, 0.25) is 10.0 Å². The Hall–Kier alpha value is -2.11. The molecule has 0 radical (unpaired) electrons. The first-order valence-electron chi connectivity index (χ1n) is 7.49. The van der Waals surface area contributed by atoms with Crippen LogP contribution in [0.3, 0.4) is 0 Å². The van der Waals surface area contributed by atoms with Gasteiger partial charge >= 0.3 is 6.03 Å². The van der Waals surface area contributed by atoms with Crippen LogP contribution in [0.1, 0.15) is 5.56 Å². The van der Waals surface area contributed by atoms with Gasteiger partial charge in [-0.2, -0.15) is 0 Å². The number of halogens is 2. The van der Waals surface area contributed by atoms with Crippen molar-refractivity contribution in [2.45, 2.75) is 6.42 Å². The van der Waals surface area contributed by atoms with Crippen molar-refractivity contribution in [1.29, 1.82) is 0 Å². The van der Waals surface area contributed by atoms with E-state index in [1.807, 2.05) is 18.2 Å². The standard InChI is InChI=1S/C17H16Cl2N2O3/c18-12-8-13(19)10-14(9-12)21-17(22)20-4-3-11-1-2-15-16(7-11)24-6-5-23-15/h1-2,7-10H,3-6H2,(H2,20,21,22). The summed E-state index contributed by atoms with van der Waals surface area (Å²) in [4.78, 5) is 11.9. The lowest BCUT2D eigenvalue weighted by Crippen LogP contribution is -2.30. The maximum atomic E-state index is 11.9. The van der Waals surface area contributed by atoms with Crippen molar-refractivity contribution in [3.8, 4) is 11.5 Å². The zero-order valence-corrected chi connectivity index (χ0v) is 14.3. The van der Waals surface area contributed by atoms with Crippen LogP contribution in [-0.4, -0.2) is 25.8 Å². The van der Waals surface area contributed by atoms with E-state index in [9.17, 15) is 4.79 Å². The number of hydrogen-bond acceptors (Lipinski definition) is 3. The Morgan fingerprint density at radius 3 is 2.46 bits per heavy atom. The number of urea groups is 1. The molecule has 0 spiro atoms. The summed E-state index contributed by atoms with van der Waals surface area (Å²) >= 11 is 11.8. The number of amides is 2. The molecule has 0 bridgehead atoms. The van der Waals surface area contributed by atoms with Crippen molar-refractivity contribution in [3.63, 3.8) is 0 Å². The zero-order chi connectivity index (χ0) is 16.9. The Morgan fingerprint density at radius 1 is 1.00 bits per heavy atom. The molecule has 0 atom stereocenters. The van der Waals surface area contributed by atoms with Crippen molar-refractivity contribution in [2.24, 2.45) is 0 Å². The van der Waals surface area contributed by atoms with Crippen molar-refractivity contribution in [1.82, 2.24) is 5.32 Å². The van der Waals surface area contributed by atoms with E-state index in [1.165, 1.54) is 0 Å². The van der Waals surface area contributed by atoms with Gasteiger partial charge in [-0.05, 0) is 42.3 Å². The molecule has 0 unspecified atom stereocenters. The number of benzene rings is 2. The van der Waals surface area contributed by atoms with E-state index in [0.29, 0.717) is 41.9 Å². The minimum absolute atomic E-state index is 0.314. The Labute approximate surface area is 149 Å². The van der Waals surface area contributed by atoms with E-state index >= 15 is 0 Å². The van der Waals surface area contributed by atoms with E-state index in [0.717, 1.165) is 17.1 Å². The predicted molar refractivity (Wildman–Crippen MR) is 94.6 cm³/mol. The molecule has 126 valence electrons. The van der Waals surface area contributed by atoms with Gasteiger partial charge in [0.1, 0.15) is 13.2 Å². The molecule has 2 aromatic rings. The van der Waals surface area contributed by atoms with Gasteiger partial charge < -0.3 is 20.1 Å². The normalized spacial score (nSPS) is 12.6. The summed E-state index contributed by atoms with van der Waals surface area (Å²) in [7, 11) is 0. The number of hydrogen-bond donors (Lipinski definition) is 2. The molecule has 2 amide bonds. The van der Waals surface area contributed by atoms with Gasteiger partial charge in [0.2, 0.25) is 0 Å². The molecule has 0 saturated heterocycles. The van der Waals surface area contributed by atoms with Crippen LogP contribution in [0.4, 0.5) is 10.5 Å². The first-order valence-corrected chi connectivity index (χ1v) is 8.25. The molecule has 0 saturated carbocycles. The van der Waals surface area contributed by atoms with Gasteiger partial charge in [-0.1, -0.05) is 29.3 Å². The molecule has 1 aliphatic heterocycles. The third-order valence-electron chi connectivity index (χ3n) is 3.43. The monoisotopic (exact) mass is 366 g/mol. The number of nitrogens with one attached hydrogen (secondary N) is 2. The third-order valence-corrected chi connectivity index (χ3v) is 3.86. The lowest BCUT2D eigenvalue weighted by molar-refractivity contribution is 0.171. The fourth-order valence-corrected chi connectivity index (χ4v) is 2.89. The number of carbonyl (C=O) groups excluding carboxylic acids is 1. The number of carbonyl (C=O) groups is 1. The number of fused-ring (bicyclic) bond motifs is 1. The summed E-state index contributed by atoms with van der Waals surface area (Å²) in [6.07, 6.45) is 0.681. The lowest BCUT2D eigenvalue weighted by atomic mass is 10.1. The van der Waals surface area contributed by atoms with Gasteiger partial charge in [0, 0.05) is 22.3 Å². The van der Waals surface area contributed by atoms with Crippen molar-refractivity contribution < 1.29 is 14.3 Å². The molecule has 7 heteroatoms. The van der Waals surface area contributed by atoms with E-state index in [-0.39, 0.29) is 6.03 Å². The second-order valence-electron chi connectivity index (χ2n) is 5.27. The maximum absolute atomic E-state index is 11.9. The summed E-state index contributed by atoms with van der Waals surface area (Å²) in [5.74, 6) is 1.50. The van der Waals surface area contributed by atoms with E-state index < -0.39 is 0 Å². The SMILES string of the molecule is O=C(NCCc1ccc2c(c1)OCCO2)Nc1cc(Cl)cc(Cl)c1. The second kappa shape index (κ2) is 7.64. The zero-order valence-electron chi connectivity index (χ0n) is 12.8.